The highest BCUT2D eigenvalue weighted by Gasteiger charge is 2.41. The fraction of sp³-hybridized carbons (Fsp3) is 0.818. The molecule has 0 aromatic carbocycles. The van der Waals surface area contributed by atoms with Gasteiger partial charge in [0.1, 0.15) is 11.6 Å². The minimum Gasteiger partial charge on any atom is -0.480 e. The highest BCUT2D eigenvalue weighted by molar-refractivity contribution is 5.81. The molecule has 1 unspecified atom stereocenters. The predicted molar refractivity (Wildman–Crippen MR) is 59.8 cm³/mol. The fourth-order valence-electron chi connectivity index (χ4n) is 1.72. The van der Waals surface area contributed by atoms with Crippen LogP contribution in [-0.2, 0) is 14.3 Å². The minimum atomic E-state index is -1.03. The van der Waals surface area contributed by atoms with Crippen LogP contribution in [-0.4, -0.2) is 53.5 Å². The van der Waals surface area contributed by atoms with Crippen molar-refractivity contribution in [3.8, 4) is 0 Å². The smallest absolute Gasteiger partial charge is 0.411 e. The van der Waals surface area contributed by atoms with E-state index in [0.717, 1.165) is 0 Å². The number of carboxylic acid groups (broad SMARTS) is 1. The van der Waals surface area contributed by atoms with Gasteiger partial charge < -0.3 is 14.6 Å². The number of carbonyl (C=O) groups is 2. The summed E-state index contributed by atoms with van der Waals surface area (Å²) >= 11 is 0. The molecule has 0 radical (unpaired) electrons. The highest BCUT2D eigenvalue weighted by atomic mass is 16.6. The van der Waals surface area contributed by atoms with E-state index in [1.807, 2.05) is 0 Å². The number of hydrogen-bond donors (Lipinski definition) is 1. The largest absolute Gasteiger partial charge is 0.480 e. The van der Waals surface area contributed by atoms with Crippen molar-refractivity contribution in [3.05, 3.63) is 0 Å². The number of amides is 1. The SMILES string of the molecule is CO[C@H]1CC(C(=O)O)N(C(=O)OC(C)(C)C)C1. The van der Waals surface area contributed by atoms with Crippen LogP contribution in [0, 0.1) is 0 Å². The molecule has 17 heavy (non-hydrogen) atoms. The number of nitrogens with zero attached hydrogens (tertiary/aromatic N) is 1. The highest BCUT2D eigenvalue weighted by Crippen LogP contribution is 2.22. The number of methoxy groups -OCH3 is 1. The second-order valence-electron chi connectivity index (χ2n) is 5.08. The molecule has 6 nitrogen and oxygen atoms in total. The first-order chi connectivity index (χ1) is 7.74. The number of likely N-dealkylation sites (tertiary alicyclic amines) is 1. The molecular weight excluding hydrogens is 226 g/mol. The Balaban J connectivity index is 2.73. The molecule has 1 heterocycles. The summed E-state index contributed by atoms with van der Waals surface area (Å²) in [5.74, 6) is -1.03. The molecule has 0 aliphatic carbocycles. The number of rotatable bonds is 2. The third kappa shape index (κ3) is 3.59. The maximum Gasteiger partial charge on any atom is 0.411 e. The van der Waals surface area contributed by atoms with Crippen molar-refractivity contribution in [1.29, 1.82) is 0 Å². The summed E-state index contributed by atoms with van der Waals surface area (Å²) in [5.41, 5.74) is -0.634. The number of hydrogen-bond acceptors (Lipinski definition) is 4. The lowest BCUT2D eigenvalue weighted by molar-refractivity contribution is -0.142. The van der Waals surface area contributed by atoms with Gasteiger partial charge in [0, 0.05) is 13.5 Å². The number of aliphatic carboxylic acids is 1. The predicted octanol–water partition coefficient (Wildman–Crippen LogP) is 1.10. The molecule has 1 N–H and O–H groups in total. The van der Waals surface area contributed by atoms with Crippen molar-refractivity contribution in [2.75, 3.05) is 13.7 Å². The van der Waals surface area contributed by atoms with Gasteiger partial charge in [0.15, 0.2) is 0 Å². The first kappa shape index (κ1) is 13.8. The summed E-state index contributed by atoms with van der Waals surface area (Å²) in [5, 5.41) is 9.04. The zero-order valence-electron chi connectivity index (χ0n) is 10.6. The molecular formula is C11H19NO5. The summed E-state index contributed by atoms with van der Waals surface area (Å²) in [4.78, 5) is 24.1. The van der Waals surface area contributed by atoms with Crippen LogP contribution < -0.4 is 0 Å². The van der Waals surface area contributed by atoms with Crippen LogP contribution >= 0.6 is 0 Å². The van der Waals surface area contributed by atoms with Crippen molar-refractivity contribution >= 4 is 12.1 Å². The molecule has 0 bridgehead atoms. The maximum absolute atomic E-state index is 11.8. The summed E-state index contributed by atoms with van der Waals surface area (Å²) in [6.07, 6.45) is -0.557. The number of carboxylic acids is 1. The zero-order chi connectivity index (χ0) is 13.2. The van der Waals surface area contributed by atoms with Crippen molar-refractivity contribution in [2.24, 2.45) is 0 Å². The molecule has 1 saturated heterocycles. The van der Waals surface area contributed by atoms with E-state index >= 15 is 0 Å². The van der Waals surface area contributed by atoms with Crippen molar-refractivity contribution in [2.45, 2.75) is 44.9 Å². The zero-order valence-corrected chi connectivity index (χ0v) is 10.6. The summed E-state index contributed by atoms with van der Waals surface area (Å²) in [6.45, 7) is 5.47. The fourth-order valence-corrected chi connectivity index (χ4v) is 1.72. The average Bonchev–Trinajstić information content (AvgIpc) is 2.58. The van der Waals surface area contributed by atoms with Crippen LogP contribution in [0.25, 0.3) is 0 Å². The van der Waals surface area contributed by atoms with E-state index in [4.69, 9.17) is 14.6 Å². The molecule has 98 valence electrons. The Kier molecular flexibility index (Phi) is 3.98. The molecule has 0 aromatic rings. The van der Waals surface area contributed by atoms with Crippen molar-refractivity contribution in [3.63, 3.8) is 0 Å². The first-order valence-corrected chi connectivity index (χ1v) is 5.50. The Morgan fingerprint density at radius 3 is 2.35 bits per heavy atom. The van der Waals surface area contributed by atoms with Gasteiger partial charge in [-0.3, -0.25) is 4.90 Å². The van der Waals surface area contributed by atoms with E-state index in [1.54, 1.807) is 20.8 Å². The normalized spacial score (nSPS) is 24.8. The minimum absolute atomic E-state index is 0.247. The van der Waals surface area contributed by atoms with Gasteiger partial charge in [-0.2, -0.15) is 0 Å². The number of ether oxygens (including phenoxy) is 2. The van der Waals surface area contributed by atoms with E-state index in [1.165, 1.54) is 12.0 Å². The van der Waals surface area contributed by atoms with Crippen LogP contribution in [0.5, 0.6) is 0 Å². The summed E-state index contributed by atoms with van der Waals surface area (Å²) in [7, 11) is 1.50. The van der Waals surface area contributed by atoms with Gasteiger partial charge in [0.2, 0.25) is 0 Å². The lowest BCUT2D eigenvalue weighted by Crippen LogP contribution is -2.43. The van der Waals surface area contributed by atoms with Crippen LogP contribution in [0.3, 0.4) is 0 Å². The van der Waals surface area contributed by atoms with Crippen molar-refractivity contribution < 1.29 is 24.2 Å². The van der Waals surface area contributed by atoms with E-state index < -0.39 is 23.7 Å². The Hall–Kier alpha value is -1.30. The van der Waals surface area contributed by atoms with Gasteiger partial charge in [-0.1, -0.05) is 0 Å². The van der Waals surface area contributed by atoms with Gasteiger partial charge in [-0.25, -0.2) is 9.59 Å². The molecule has 1 amide bonds. The van der Waals surface area contributed by atoms with Crippen LogP contribution in [0.2, 0.25) is 0 Å². The molecule has 6 heteroatoms. The molecule has 2 atom stereocenters. The number of carbonyl (C=O) groups excluding carboxylic acids is 1. The Bertz CT molecular complexity index is 309. The van der Waals surface area contributed by atoms with Crippen LogP contribution in [0.1, 0.15) is 27.2 Å². The summed E-state index contributed by atoms with van der Waals surface area (Å²) < 4.78 is 10.3. The summed E-state index contributed by atoms with van der Waals surface area (Å²) in [6, 6.07) is -0.866. The standard InChI is InChI=1S/C11H19NO5/c1-11(2,3)17-10(15)12-6-7(16-4)5-8(12)9(13)14/h7-8H,5-6H2,1-4H3,(H,13,14)/t7-,8?/m0/s1. The van der Waals surface area contributed by atoms with E-state index in [0.29, 0.717) is 6.42 Å². The molecule has 0 aromatic heterocycles. The van der Waals surface area contributed by atoms with Gasteiger partial charge in [-0.05, 0) is 20.8 Å². The van der Waals surface area contributed by atoms with E-state index in [9.17, 15) is 9.59 Å². The van der Waals surface area contributed by atoms with Gasteiger partial charge in [0.25, 0.3) is 0 Å². The first-order valence-electron chi connectivity index (χ1n) is 5.50. The van der Waals surface area contributed by atoms with Gasteiger partial charge >= 0.3 is 12.1 Å². The average molecular weight is 245 g/mol. The second-order valence-corrected chi connectivity index (χ2v) is 5.08. The molecule has 0 spiro atoms. The third-order valence-electron chi connectivity index (χ3n) is 2.51. The lowest BCUT2D eigenvalue weighted by Gasteiger charge is -2.26. The molecule has 0 saturated carbocycles. The Morgan fingerprint density at radius 2 is 1.94 bits per heavy atom. The second kappa shape index (κ2) is 4.91. The van der Waals surface area contributed by atoms with Crippen molar-refractivity contribution in [1.82, 2.24) is 4.90 Å². The molecule has 1 aliphatic rings. The quantitative estimate of drug-likeness (QED) is 0.788. The van der Waals surface area contributed by atoms with Gasteiger partial charge in [-0.15, -0.1) is 0 Å². The van der Waals surface area contributed by atoms with Crippen LogP contribution in [0.4, 0.5) is 4.79 Å². The Labute approximate surface area is 100 Å². The van der Waals surface area contributed by atoms with Crippen LogP contribution in [0.15, 0.2) is 0 Å². The Morgan fingerprint density at radius 1 is 1.35 bits per heavy atom. The molecule has 1 fully saturated rings. The van der Waals surface area contributed by atoms with Gasteiger partial charge in [0.05, 0.1) is 12.6 Å². The molecule has 1 aliphatic heterocycles. The van der Waals surface area contributed by atoms with E-state index in [-0.39, 0.29) is 12.6 Å². The monoisotopic (exact) mass is 245 g/mol. The third-order valence-corrected chi connectivity index (χ3v) is 2.51. The molecule has 1 rings (SSSR count). The maximum atomic E-state index is 11.8. The van der Waals surface area contributed by atoms with E-state index in [2.05, 4.69) is 0 Å². The lowest BCUT2D eigenvalue weighted by atomic mass is 10.2. The topological polar surface area (TPSA) is 76.1 Å².